The lowest BCUT2D eigenvalue weighted by molar-refractivity contribution is -0.113. The Morgan fingerprint density at radius 2 is 2.04 bits per heavy atom. The van der Waals surface area contributed by atoms with E-state index in [4.69, 9.17) is 10.5 Å². The van der Waals surface area contributed by atoms with Gasteiger partial charge in [-0.2, -0.15) is 0 Å². The van der Waals surface area contributed by atoms with Crippen LogP contribution in [0.2, 0.25) is 0 Å². The largest absolute Gasteiger partial charge is 0.475 e. The molecule has 0 spiro atoms. The van der Waals surface area contributed by atoms with Crippen molar-refractivity contribution in [1.29, 1.82) is 0 Å². The van der Waals surface area contributed by atoms with Crippen LogP contribution in [0.25, 0.3) is 28.2 Å². The second-order valence-electron chi connectivity index (χ2n) is 5.65. The number of carbonyl (C=O) groups is 1. The molecule has 3 N–H and O–H groups in total. The van der Waals surface area contributed by atoms with Gasteiger partial charge in [-0.15, -0.1) is 0 Å². The van der Waals surface area contributed by atoms with Crippen LogP contribution in [0.5, 0.6) is 5.88 Å². The quantitative estimate of drug-likeness (QED) is 0.706. The third-order valence-corrected chi connectivity index (χ3v) is 3.42. The lowest BCUT2D eigenvalue weighted by Crippen LogP contribution is -2.06. The number of fused-ring (bicyclic) bond motifs is 1. The van der Waals surface area contributed by atoms with Crippen molar-refractivity contribution in [3.8, 4) is 17.0 Å². The number of nitrogens with zero attached hydrogens (tertiary/aromatic N) is 2. The first-order valence-electron chi connectivity index (χ1n) is 7.60. The summed E-state index contributed by atoms with van der Waals surface area (Å²) < 4.78 is 5.55. The highest BCUT2D eigenvalue weighted by atomic mass is 16.5. The zero-order chi connectivity index (χ0) is 17.1. The third kappa shape index (κ3) is 3.43. The van der Waals surface area contributed by atoms with Gasteiger partial charge in [-0.3, -0.25) is 4.79 Å². The van der Waals surface area contributed by atoms with Crippen LogP contribution in [0, 0.1) is 0 Å². The van der Waals surface area contributed by atoms with E-state index in [1.54, 1.807) is 24.7 Å². The second-order valence-corrected chi connectivity index (χ2v) is 5.65. The van der Waals surface area contributed by atoms with Gasteiger partial charge in [0.2, 0.25) is 11.8 Å². The molecule has 6 nitrogen and oxygen atoms in total. The van der Waals surface area contributed by atoms with E-state index < -0.39 is 5.91 Å². The molecule has 0 saturated heterocycles. The number of H-pyrrole nitrogens is 1. The number of nitrogens with one attached hydrogen (secondary N) is 1. The summed E-state index contributed by atoms with van der Waals surface area (Å²) >= 11 is 0. The minimum atomic E-state index is -0.488. The molecule has 3 aromatic rings. The van der Waals surface area contributed by atoms with Crippen molar-refractivity contribution >= 4 is 23.0 Å². The average Bonchev–Trinajstić information content (AvgIpc) is 2.95. The summed E-state index contributed by atoms with van der Waals surface area (Å²) in [5.41, 5.74) is 8.62. The maximum atomic E-state index is 10.9. The molecule has 0 atom stereocenters. The standard InChI is InChI=1S/C18H18N4O2/c1-11(2)24-17-6-4-12(8-20-17)14-7-15-13(3-5-16(19)23)9-21-18(15)22-10-14/h3-11H,1-2H3,(H2,19,23)(H,21,22). The van der Waals surface area contributed by atoms with Crippen molar-refractivity contribution in [1.82, 2.24) is 15.0 Å². The smallest absolute Gasteiger partial charge is 0.241 e. The Labute approximate surface area is 139 Å². The highest BCUT2D eigenvalue weighted by Gasteiger charge is 2.07. The van der Waals surface area contributed by atoms with Crippen LogP contribution in [0.3, 0.4) is 0 Å². The first-order chi connectivity index (χ1) is 11.5. The molecule has 122 valence electrons. The van der Waals surface area contributed by atoms with E-state index in [1.807, 2.05) is 32.0 Å². The summed E-state index contributed by atoms with van der Waals surface area (Å²) in [6.45, 7) is 3.92. The lowest BCUT2D eigenvalue weighted by Gasteiger charge is -2.09. The Morgan fingerprint density at radius 3 is 2.71 bits per heavy atom. The molecule has 6 heteroatoms. The van der Waals surface area contributed by atoms with Crippen molar-refractivity contribution in [3.63, 3.8) is 0 Å². The third-order valence-electron chi connectivity index (χ3n) is 3.42. The Kier molecular flexibility index (Phi) is 4.29. The molecule has 0 bridgehead atoms. The van der Waals surface area contributed by atoms with Gasteiger partial charge in [-0.25, -0.2) is 9.97 Å². The molecule has 0 aliphatic heterocycles. The summed E-state index contributed by atoms with van der Waals surface area (Å²) in [7, 11) is 0. The van der Waals surface area contributed by atoms with Crippen LogP contribution in [0.4, 0.5) is 0 Å². The molecule has 0 radical (unpaired) electrons. The Bertz CT molecular complexity index is 895. The molecule has 0 unspecified atom stereocenters. The van der Waals surface area contributed by atoms with Gasteiger partial charge in [0.15, 0.2) is 0 Å². The number of hydrogen-bond acceptors (Lipinski definition) is 4. The molecule has 0 aliphatic rings. The van der Waals surface area contributed by atoms with E-state index in [0.29, 0.717) is 5.88 Å². The number of hydrogen-bond donors (Lipinski definition) is 2. The molecule has 3 rings (SSSR count). The minimum absolute atomic E-state index is 0.0841. The summed E-state index contributed by atoms with van der Waals surface area (Å²) in [5.74, 6) is 0.105. The average molecular weight is 322 g/mol. The second kappa shape index (κ2) is 6.54. The van der Waals surface area contributed by atoms with Crippen molar-refractivity contribution in [2.75, 3.05) is 0 Å². The predicted octanol–water partition coefficient (Wildman–Crippen LogP) is 2.91. The van der Waals surface area contributed by atoms with Gasteiger partial charge < -0.3 is 15.5 Å². The topological polar surface area (TPSA) is 93.9 Å². The van der Waals surface area contributed by atoms with E-state index in [0.717, 1.165) is 27.7 Å². The van der Waals surface area contributed by atoms with Crippen LogP contribution in [0.1, 0.15) is 19.4 Å². The normalized spacial score (nSPS) is 11.5. The maximum absolute atomic E-state index is 10.9. The highest BCUT2D eigenvalue weighted by Crippen LogP contribution is 2.26. The first kappa shape index (κ1) is 15.7. The number of rotatable bonds is 5. The van der Waals surface area contributed by atoms with Gasteiger partial charge in [0, 0.05) is 52.8 Å². The van der Waals surface area contributed by atoms with Gasteiger partial charge in [0.1, 0.15) is 5.65 Å². The fraction of sp³-hybridized carbons (Fsp3) is 0.167. The number of ether oxygens (including phenoxy) is 1. The molecule has 3 aromatic heterocycles. The van der Waals surface area contributed by atoms with Gasteiger partial charge in [-0.05, 0) is 32.1 Å². The number of nitrogens with two attached hydrogens (primary N) is 1. The van der Waals surface area contributed by atoms with Crippen LogP contribution >= 0.6 is 0 Å². The number of pyridine rings is 2. The van der Waals surface area contributed by atoms with Gasteiger partial charge >= 0.3 is 0 Å². The zero-order valence-electron chi connectivity index (χ0n) is 13.5. The van der Waals surface area contributed by atoms with E-state index >= 15 is 0 Å². The van der Waals surface area contributed by atoms with Gasteiger partial charge in [-0.1, -0.05) is 0 Å². The number of aromatic amines is 1. The number of aromatic nitrogens is 3. The highest BCUT2D eigenvalue weighted by molar-refractivity contribution is 5.95. The molecule has 1 amide bonds. The summed E-state index contributed by atoms with van der Waals surface area (Å²) in [6, 6.07) is 5.78. The van der Waals surface area contributed by atoms with Crippen LogP contribution < -0.4 is 10.5 Å². The molecule has 0 aromatic carbocycles. The Hall–Kier alpha value is -3.15. The monoisotopic (exact) mass is 322 g/mol. The molecule has 3 heterocycles. The number of carbonyl (C=O) groups excluding carboxylic acids is 1. The number of primary amides is 1. The SMILES string of the molecule is CC(C)Oc1ccc(-c2cnc3[nH]cc(C=CC(N)=O)c3c2)cn1. The molecule has 0 aliphatic carbocycles. The van der Waals surface area contributed by atoms with Gasteiger partial charge in [0.05, 0.1) is 6.10 Å². The van der Waals surface area contributed by atoms with Crippen LogP contribution in [0.15, 0.2) is 42.9 Å². The fourth-order valence-electron chi connectivity index (χ4n) is 2.35. The van der Waals surface area contributed by atoms with E-state index in [2.05, 4.69) is 15.0 Å². The first-order valence-corrected chi connectivity index (χ1v) is 7.60. The molecular formula is C18H18N4O2. The van der Waals surface area contributed by atoms with E-state index in [-0.39, 0.29) is 6.10 Å². The number of amides is 1. The molecule has 0 saturated carbocycles. The molecule has 0 fully saturated rings. The zero-order valence-corrected chi connectivity index (χ0v) is 13.5. The lowest BCUT2D eigenvalue weighted by atomic mass is 10.1. The van der Waals surface area contributed by atoms with Crippen molar-refractivity contribution in [3.05, 3.63) is 48.4 Å². The Morgan fingerprint density at radius 1 is 1.25 bits per heavy atom. The fourth-order valence-corrected chi connectivity index (χ4v) is 2.35. The Balaban J connectivity index is 1.95. The molecule has 24 heavy (non-hydrogen) atoms. The summed E-state index contributed by atoms with van der Waals surface area (Å²) in [6.07, 6.45) is 8.41. The maximum Gasteiger partial charge on any atom is 0.241 e. The van der Waals surface area contributed by atoms with Crippen molar-refractivity contribution < 1.29 is 9.53 Å². The van der Waals surface area contributed by atoms with Gasteiger partial charge in [0.25, 0.3) is 0 Å². The summed E-state index contributed by atoms with van der Waals surface area (Å²) in [5, 5.41) is 0.910. The molecular weight excluding hydrogens is 304 g/mol. The predicted molar refractivity (Wildman–Crippen MR) is 93.3 cm³/mol. The van der Waals surface area contributed by atoms with E-state index in [9.17, 15) is 4.79 Å². The van der Waals surface area contributed by atoms with Crippen molar-refractivity contribution in [2.24, 2.45) is 5.73 Å². The van der Waals surface area contributed by atoms with E-state index in [1.165, 1.54) is 6.08 Å². The van der Waals surface area contributed by atoms with Crippen LogP contribution in [-0.4, -0.2) is 27.0 Å². The summed E-state index contributed by atoms with van der Waals surface area (Å²) in [4.78, 5) is 22.7. The van der Waals surface area contributed by atoms with Crippen LogP contribution in [-0.2, 0) is 4.79 Å². The van der Waals surface area contributed by atoms with Crippen molar-refractivity contribution in [2.45, 2.75) is 20.0 Å². The minimum Gasteiger partial charge on any atom is -0.475 e.